The maximum Gasteiger partial charge on any atom is 0.237 e. The lowest BCUT2D eigenvalue weighted by molar-refractivity contribution is -0.115. The van der Waals surface area contributed by atoms with Crippen molar-refractivity contribution in [1.82, 2.24) is 0 Å². The molecule has 0 aliphatic heterocycles. The van der Waals surface area contributed by atoms with Gasteiger partial charge in [-0.05, 0) is 62.4 Å². The van der Waals surface area contributed by atoms with E-state index in [2.05, 4.69) is 10.6 Å². The first-order valence-electron chi connectivity index (χ1n) is 7.81. The molecule has 0 saturated carbocycles. The van der Waals surface area contributed by atoms with Crippen LogP contribution in [0.15, 0.2) is 53.4 Å². The summed E-state index contributed by atoms with van der Waals surface area (Å²) in [6, 6.07) is 14.1. The number of amides is 2. The predicted molar refractivity (Wildman–Crippen MR) is 101 cm³/mol. The molecule has 2 aromatic rings. The van der Waals surface area contributed by atoms with Gasteiger partial charge in [-0.1, -0.05) is 0 Å². The molecule has 0 saturated heterocycles. The Morgan fingerprint density at radius 2 is 1.36 bits per heavy atom. The van der Waals surface area contributed by atoms with Crippen molar-refractivity contribution in [2.75, 3.05) is 10.6 Å². The third-order valence-corrected chi connectivity index (χ3v) is 4.53. The maximum absolute atomic E-state index is 12.3. The van der Waals surface area contributed by atoms with Crippen LogP contribution in [0.4, 0.5) is 11.4 Å². The summed E-state index contributed by atoms with van der Waals surface area (Å²) in [4.78, 5) is 35.5. The van der Waals surface area contributed by atoms with Crippen molar-refractivity contribution < 1.29 is 14.4 Å². The Hall–Kier alpha value is -2.60. The number of carbonyl (C=O) groups is 3. The summed E-state index contributed by atoms with van der Waals surface area (Å²) in [5.74, 6) is -0.250. The number of carbonyl (C=O) groups excluding carboxylic acids is 3. The number of benzene rings is 2. The van der Waals surface area contributed by atoms with Gasteiger partial charge in [-0.15, -0.1) is 11.8 Å². The number of ketones is 1. The first-order valence-corrected chi connectivity index (χ1v) is 8.69. The van der Waals surface area contributed by atoms with Crippen LogP contribution < -0.4 is 10.6 Å². The fraction of sp³-hybridized carbons (Fsp3) is 0.211. The third kappa shape index (κ3) is 5.76. The van der Waals surface area contributed by atoms with Crippen LogP contribution in [0.1, 0.15) is 31.1 Å². The molecule has 1 atom stereocenters. The minimum Gasteiger partial charge on any atom is -0.326 e. The summed E-state index contributed by atoms with van der Waals surface area (Å²) >= 11 is 1.43. The van der Waals surface area contributed by atoms with Crippen molar-refractivity contribution in [2.24, 2.45) is 0 Å². The van der Waals surface area contributed by atoms with E-state index in [4.69, 9.17) is 0 Å². The quantitative estimate of drug-likeness (QED) is 0.607. The minimum absolute atomic E-state index is 0.00971. The van der Waals surface area contributed by atoms with Crippen molar-refractivity contribution in [3.63, 3.8) is 0 Å². The van der Waals surface area contributed by atoms with Crippen LogP contribution >= 0.6 is 11.8 Å². The molecule has 0 spiro atoms. The van der Waals surface area contributed by atoms with E-state index in [1.807, 2.05) is 19.1 Å². The molecule has 2 amide bonds. The monoisotopic (exact) mass is 356 g/mol. The van der Waals surface area contributed by atoms with E-state index in [1.165, 1.54) is 25.6 Å². The van der Waals surface area contributed by atoms with E-state index >= 15 is 0 Å². The molecule has 0 radical (unpaired) electrons. The van der Waals surface area contributed by atoms with Gasteiger partial charge in [-0.3, -0.25) is 14.4 Å². The fourth-order valence-corrected chi connectivity index (χ4v) is 2.98. The summed E-state index contributed by atoms with van der Waals surface area (Å²) < 4.78 is 0. The van der Waals surface area contributed by atoms with E-state index in [9.17, 15) is 14.4 Å². The summed E-state index contributed by atoms with van der Waals surface area (Å²) in [5.41, 5.74) is 1.99. The lowest BCUT2D eigenvalue weighted by Gasteiger charge is -2.12. The Kier molecular flexibility index (Phi) is 6.36. The van der Waals surface area contributed by atoms with Gasteiger partial charge < -0.3 is 10.6 Å². The molecule has 0 aliphatic carbocycles. The van der Waals surface area contributed by atoms with E-state index in [0.717, 1.165) is 10.6 Å². The number of hydrogen-bond acceptors (Lipinski definition) is 4. The number of anilines is 2. The van der Waals surface area contributed by atoms with Gasteiger partial charge in [0.2, 0.25) is 11.8 Å². The molecule has 0 bridgehead atoms. The fourth-order valence-electron chi connectivity index (χ4n) is 2.11. The van der Waals surface area contributed by atoms with Gasteiger partial charge in [0.25, 0.3) is 0 Å². The standard InChI is InChI=1S/C19H20N2O3S/c1-12(22)15-4-6-17(7-5-15)21-19(24)13(2)25-18-10-8-16(9-11-18)20-14(3)23/h4-11,13H,1-3H3,(H,20,23)(H,21,24)/t13-/m0/s1. The first-order chi connectivity index (χ1) is 11.8. The van der Waals surface area contributed by atoms with Gasteiger partial charge in [0.15, 0.2) is 5.78 Å². The minimum atomic E-state index is -0.293. The Bertz CT molecular complexity index is 770. The molecule has 0 heterocycles. The van der Waals surface area contributed by atoms with Gasteiger partial charge in [-0.25, -0.2) is 0 Å². The predicted octanol–water partition coefficient (Wildman–Crippen LogP) is 3.97. The molecule has 2 N–H and O–H groups in total. The topological polar surface area (TPSA) is 75.3 Å². The van der Waals surface area contributed by atoms with Crippen LogP contribution in [0.25, 0.3) is 0 Å². The largest absolute Gasteiger partial charge is 0.326 e. The summed E-state index contributed by atoms with van der Waals surface area (Å²) in [7, 11) is 0. The summed E-state index contributed by atoms with van der Waals surface area (Å²) in [6.45, 7) is 4.78. The maximum atomic E-state index is 12.3. The molecular formula is C19H20N2O3S. The van der Waals surface area contributed by atoms with Crippen LogP contribution in [-0.2, 0) is 9.59 Å². The summed E-state index contributed by atoms with van der Waals surface area (Å²) in [5, 5.41) is 5.25. The molecular weight excluding hydrogens is 336 g/mol. The molecule has 0 aliphatic rings. The van der Waals surface area contributed by atoms with Gasteiger partial charge >= 0.3 is 0 Å². The van der Waals surface area contributed by atoms with Gasteiger partial charge in [0.1, 0.15) is 0 Å². The second-order valence-corrected chi connectivity index (χ2v) is 7.00. The Morgan fingerprint density at radius 3 is 1.88 bits per heavy atom. The highest BCUT2D eigenvalue weighted by atomic mass is 32.2. The van der Waals surface area contributed by atoms with Gasteiger partial charge in [0, 0.05) is 28.8 Å². The molecule has 6 heteroatoms. The van der Waals surface area contributed by atoms with E-state index in [0.29, 0.717) is 11.3 Å². The third-order valence-electron chi connectivity index (χ3n) is 3.42. The van der Waals surface area contributed by atoms with Crippen LogP contribution in [0.2, 0.25) is 0 Å². The van der Waals surface area contributed by atoms with Crippen molar-refractivity contribution in [1.29, 1.82) is 0 Å². The van der Waals surface area contributed by atoms with Crippen LogP contribution in [0.3, 0.4) is 0 Å². The zero-order valence-electron chi connectivity index (χ0n) is 14.3. The molecule has 25 heavy (non-hydrogen) atoms. The van der Waals surface area contributed by atoms with E-state index < -0.39 is 0 Å². The highest BCUT2D eigenvalue weighted by molar-refractivity contribution is 8.00. The van der Waals surface area contributed by atoms with E-state index in [1.54, 1.807) is 36.4 Å². The van der Waals surface area contributed by atoms with Crippen molar-refractivity contribution >= 4 is 40.7 Å². The number of rotatable bonds is 6. The van der Waals surface area contributed by atoms with Crippen LogP contribution in [-0.4, -0.2) is 22.8 Å². The Morgan fingerprint density at radius 1 is 0.840 bits per heavy atom. The van der Waals surface area contributed by atoms with Crippen molar-refractivity contribution in [3.05, 3.63) is 54.1 Å². The second-order valence-electron chi connectivity index (χ2n) is 5.59. The lowest BCUT2D eigenvalue weighted by atomic mass is 10.1. The first kappa shape index (κ1) is 18.7. The zero-order valence-corrected chi connectivity index (χ0v) is 15.1. The Balaban J connectivity index is 1.93. The highest BCUT2D eigenvalue weighted by Crippen LogP contribution is 2.25. The molecule has 0 unspecified atom stereocenters. The molecule has 2 rings (SSSR count). The van der Waals surface area contributed by atoms with Gasteiger partial charge in [-0.2, -0.15) is 0 Å². The lowest BCUT2D eigenvalue weighted by Crippen LogP contribution is -2.22. The van der Waals surface area contributed by atoms with Crippen LogP contribution in [0.5, 0.6) is 0 Å². The zero-order chi connectivity index (χ0) is 18.4. The number of Topliss-reactive ketones (excluding diaryl/α,β-unsaturated/α-hetero) is 1. The van der Waals surface area contributed by atoms with E-state index in [-0.39, 0.29) is 22.8 Å². The highest BCUT2D eigenvalue weighted by Gasteiger charge is 2.14. The number of hydrogen-bond donors (Lipinski definition) is 2. The van der Waals surface area contributed by atoms with Crippen molar-refractivity contribution in [2.45, 2.75) is 30.9 Å². The molecule has 130 valence electrons. The molecule has 2 aromatic carbocycles. The molecule has 0 aromatic heterocycles. The summed E-state index contributed by atoms with van der Waals surface area (Å²) in [6.07, 6.45) is 0. The average molecular weight is 356 g/mol. The second kappa shape index (κ2) is 8.48. The molecule has 5 nitrogen and oxygen atoms in total. The SMILES string of the molecule is CC(=O)Nc1ccc(S[C@@H](C)C(=O)Nc2ccc(C(C)=O)cc2)cc1. The normalized spacial score (nSPS) is 11.5. The average Bonchev–Trinajstić information content (AvgIpc) is 2.56. The number of thioether (sulfide) groups is 1. The smallest absolute Gasteiger partial charge is 0.237 e. The molecule has 0 fully saturated rings. The van der Waals surface area contributed by atoms with Crippen LogP contribution in [0, 0.1) is 0 Å². The van der Waals surface area contributed by atoms with Crippen molar-refractivity contribution in [3.8, 4) is 0 Å². The Labute approximate surface area is 151 Å². The number of nitrogens with one attached hydrogen (secondary N) is 2. The van der Waals surface area contributed by atoms with Gasteiger partial charge in [0.05, 0.1) is 5.25 Å².